The van der Waals surface area contributed by atoms with Gasteiger partial charge in [0.25, 0.3) is 0 Å². The number of esters is 1. The van der Waals surface area contributed by atoms with Crippen LogP contribution in [0.2, 0.25) is 0 Å². The number of sulfonamides is 1. The van der Waals surface area contributed by atoms with Gasteiger partial charge in [-0.2, -0.15) is 0 Å². The van der Waals surface area contributed by atoms with Crippen LogP contribution in [-0.2, 0) is 30.7 Å². The van der Waals surface area contributed by atoms with Crippen LogP contribution < -0.4 is 20.1 Å². The largest absolute Gasteiger partial charge is 0.490 e. The van der Waals surface area contributed by atoms with Crippen LogP contribution >= 0.6 is 0 Å². The summed E-state index contributed by atoms with van der Waals surface area (Å²) in [5.41, 5.74) is 7.33. The number of amidine groups is 1. The van der Waals surface area contributed by atoms with E-state index < -0.39 is 34.2 Å². The maximum Gasteiger partial charge on any atom is 0.414 e. The van der Waals surface area contributed by atoms with Crippen molar-refractivity contribution >= 4 is 33.6 Å². The zero-order valence-corrected chi connectivity index (χ0v) is 21.6. The SMILES string of the molecule is CCCCS(=O)(=O)NC(Cc1ccc(OCC2CN(c3cccc(C(=N)N)c3)C(=O)O2)cc1)C(=O)OC. The summed E-state index contributed by atoms with van der Waals surface area (Å²) in [7, 11) is -2.41. The van der Waals surface area contributed by atoms with Crippen LogP contribution in [0.1, 0.15) is 30.9 Å². The number of nitrogens with two attached hydrogens (primary N) is 1. The molecule has 0 radical (unpaired) electrons. The van der Waals surface area contributed by atoms with Gasteiger partial charge in [-0.25, -0.2) is 17.9 Å². The number of benzene rings is 2. The predicted octanol–water partition coefficient (Wildman–Crippen LogP) is 2.18. The number of cyclic esters (lactones) is 1. The zero-order chi connectivity index (χ0) is 27.0. The summed E-state index contributed by atoms with van der Waals surface area (Å²) in [5.74, 6) is -0.295. The average molecular weight is 533 g/mol. The van der Waals surface area contributed by atoms with Crippen LogP contribution in [0.5, 0.6) is 5.75 Å². The second-order valence-electron chi connectivity index (χ2n) is 8.61. The Labute approximate surface area is 216 Å². The fourth-order valence-electron chi connectivity index (χ4n) is 3.73. The van der Waals surface area contributed by atoms with E-state index >= 15 is 0 Å². The van der Waals surface area contributed by atoms with Crippen molar-refractivity contribution < 1.29 is 32.2 Å². The highest BCUT2D eigenvalue weighted by Gasteiger charge is 2.33. The third kappa shape index (κ3) is 7.92. The van der Waals surface area contributed by atoms with Crippen molar-refractivity contribution in [3.63, 3.8) is 0 Å². The van der Waals surface area contributed by atoms with Crippen molar-refractivity contribution in [2.24, 2.45) is 5.73 Å². The number of nitrogens with one attached hydrogen (secondary N) is 2. The van der Waals surface area contributed by atoms with Gasteiger partial charge in [0, 0.05) is 11.3 Å². The third-order valence-corrected chi connectivity index (χ3v) is 7.19. The lowest BCUT2D eigenvalue weighted by molar-refractivity contribution is -0.142. The molecule has 1 aliphatic rings. The van der Waals surface area contributed by atoms with Crippen molar-refractivity contribution in [1.82, 2.24) is 4.72 Å². The van der Waals surface area contributed by atoms with Crippen molar-refractivity contribution in [1.29, 1.82) is 5.41 Å². The maximum atomic E-state index is 12.3. The predicted molar refractivity (Wildman–Crippen MR) is 138 cm³/mol. The fraction of sp³-hybridized carbons (Fsp3) is 0.400. The molecule has 0 saturated carbocycles. The second kappa shape index (κ2) is 12.5. The molecule has 3 rings (SSSR count). The summed E-state index contributed by atoms with van der Waals surface area (Å²) < 4.78 is 42.9. The molecule has 200 valence electrons. The van der Waals surface area contributed by atoms with E-state index in [1.807, 2.05) is 6.92 Å². The lowest BCUT2D eigenvalue weighted by Crippen LogP contribution is -2.43. The molecule has 37 heavy (non-hydrogen) atoms. The van der Waals surface area contributed by atoms with E-state index in [0.29, 0.717) is 29.0 Å². The topological polar surface area (TPSA) is 161 Å². The van der Waals surface area contributed by atoms with Gasteiger partial charge >= 0.3 is 12.1 Å². The second-order valence-corrected chi connectivity index (χ2v) is 10.5. The first-order valence-electron chi connectivity index (χ1n) is 11.8. The monoisotopic (exact) mass is 532 g/mol. The van der Waals surface area contributed by atoms with Crippen molar-refractivity contribution in [2.75, 3.05) is 30.9 Å². The number of anilines is 1. The highest BCUT2D eigenvalue weighted by atomic mass is 32.2. The molecule has 12 heteroatoms. The number of hydrogen-bond donors (Lipinski definition) is 3. The molecule has 0 aromatic heterocycles. The first kappa shape index (κ1) is 27.9. The summed E-state index contributed by atoms with van der Waals surface area (Å²) in [6.07, 6.45) is 0.312. The number of rotatable bonds is 13. The van der Waals surface area contributed by atoms with Crippen LogP contribution in [0.15, 0.2) is 48.5 Å². The van der Waals surface area contributed by atoms with Gasteiger partial charge in [0.2, 0.25) is 10.0 Å². The summed E-state index contributed by atoms with van der Waals surface area (Å²) in [5, 5.41) is 7.57. The molecule has 2 atom stereocenters. The van der Waals surface area contributed by atoms with Gasteiger partial charge in [0.1, 0.15) is 24.2 Å². The van der Waals surface area contributed by atoms with Crippen LogP contribution in [0, 0.1) is 5.41 Å². The number of methoxy groups -OCH3 is 1. The fourth-order valence-corrected chi connectivity index (χ4v) is 5.13. The number of hydrogen-bond acceptors (Lipinski definition) is 8. The Morgan fingerprint density at radius 1 is 1.27 bits per heavy atom. The zero-order valence-electron chi connectivity index (χ0n) is 20.8. The van der Waals surface area contributed by atoms with Gasteiger partial charge in [0.05, 0.1) is 19.4 Å². The van der Waals surface area contributed by atoms with E-state index in [2.05, 4.69) is 4.72 Å². The van der Waals surface area contributed by atoms with Gasteiger partial charge in [-0.05, 0) is 42.7 Å². The van der Waals surface area contributed by atoms with Gasteiger partial charge in [-0.15, -0.1) is 0 Å². The Bertz CT molecular complexity index is 1220. The van der Waals surface area contributed by atoms with Gasteiger partial charge < -0.3 is 19.9 Å². The summed E-state index contributed by atoms with van der Waals surface area (Å²) in [4.78, 5) is 26.0. The highest BCUT2D eigenvalue weighted by Crippen LogP contribution is 2.23. The Morgan fingerprint density at radius 2 is 2.00 bits per heavy atom. The van der Waals surface area contributed by atoms with E-state index in [-0.39, 0.29) is 31.2 Å². The van der Waals surface area contributed by atoms with E-state index in [1.165, 1.54) is 12.0 Å². The van der Waals surface area contributed by atoms with E-state index in [1.54, 1.807) is 48.5 Å². The number of unbranched alkanes of at least 4 members (excludes halogenated alkanes) is 1. The maximum absolute atomic E-state index is 12.3. The molecule has 1 fully saturated rings. The molecule has 1 amide bonds. The Kier molecular flexibility index (Phi) is 9.48. The van der Waals surface area contributed by atoms with Gasteiger partial charge in [-0.1, -0.05) is 37.6 Å². The van der Waals surface area contributed by atoms with E-state index in [9.17, 15) is 18.0 Å². The van der Waals surface area contributed by atoms with E-state index in [4.69, 9.17) is 25.4 Å². The summed E-state index contributed by atoms with van der Waals surface area (Å²) in [6.45, 7) is 2.28. The number of nitrogen functional groups attached to an aromatic ring is 1. The molecular weight excluding hydrogens is 500 g/mol. The van der Waals surface area contributed by atoms with Crippen molar-refractivity contribution in [2.45, 2.75) is 38.3 Å². The minimum atomic E-state index is -3.62. The molecule has 0 spiro atoms. The third-order valence-electron chi connectivity index (χ3n) is 5.72. The minimum Gasteiger partial charge on any atom is -0.490 e. The standard InChI is InChI=1S/C25H32N4O7S/c1-3-4-12-37(32,33)28-22(24(30)34-2)13-17-8-10-20(11-9-17)35-16-21-15-29(25(31)36-21)19-7-5-6-18(14-19)23(26)27/h5-11,14,21-22,28H,3-4,12-13,15-16H2,1-2H3,(H3,26,27). The number of amides is 1. The number of nitrogens with zero attached hydrogens (tertiary/aromatic N) is 1. The molecule has 0 bridgehead atoms. The van der Waals surface area contributed by atoms with Crippen LogP contribution in [0.25, 0.3) is 0 Å². The number of carbonyl (C=O) groups excluding carboxylic acids is 2. The molecule has 2 aromatic carbocycles. The minimum absolute atomic E-state index is 0.0604. The number of ether oxygens (including phenoxy) is 3. The lowest BCUT2D eigenvalue weighted by atomic mass is 10.1. The number of carbonyl (C=O) groups is 2. The summed E-state index contributed by atoms with van der Waals surface area (Å²) >= 11 is 0. The average Bonchev–Trinajstić information content (AvgIpc) is 3.26. The molecule has 4 N–H and O–H groups in total. The van der Waals surface area contributed by atoms with E-state index in [0.717, 1.165) is 6.42 Å². The first-order chi connectivity index (χ1) is 17.6. The molecule has 2 aromatic rings. The molecule has 0 aliphatic carbocycles. The molecular formula is C25H32N4O7S. The molecule has 11 nitrogen and oxygen atoms in total. The van der Waals surface area contributed by atoms with Crippen LogP contribution in [0.4, 0.5) is 10.5 Å². The lowest BCUT2D eigenvalue weighted by Gasteiger charge is -2.17. The Balaban J connectivity index is 1.56. The first-order valence-corrected chi connectivity index (χ1v) is 13.5. The quantitative estimate of drug-likeness (QED) is 0.201. The Hall–Kier alpha value is -3.64. The van der Waals surface area contributed by atoms with Gasteiger partial charge in [-0.3, -0.25) is 15.1 Å². The molecule has 1 heterocycles. The smallest absolute Gasteiger partial charge is 0.414 e. The van der Waals surface area contributed by atoms with Crippen LogP contribution in [0.3, 0.4) is 0 Å². The highest BCUT2D eigenvalue weighted by molar-refractivity contribution is 7.89. The molecule has 2 unspecified atom stereocenters. The van der Waals surface area contributed by atoms with Crippen LogP contribution in [-0.4, -0.2) is 64.5 Å². The van der Waals surface area contributed by atoms with Crippen molar-refractivity contribution in [3.8, 4) is 5.75 Å². The summed E-state index contributed by atoms with van der Waals surface area (Å²) in [6, 6.07) is 12.6. The molecule has 1 saturated heterocycles. The van der Waals surface area contributed by atoms with Gasteiger partial charge in [0.15, 0.2) is 6.10 Å². The Morgan fingerprint density at radius 3 is 2.65 bits per heavy atom. The van der Waals surface area contributed by atoms with Crippen molar-refractivity contribution in [3.05, 3.63) is 59.7 Å². The molecule has 1 aliphatic heterocycles. The normalized spacial score (nSPS) is 16.2.